The number of H-pyrrole nitrogens is 1. The number of tetrazole rings is 1. The molecule has 3 aromatic carbocycles. The number of aromatic nitrogens is 5. The number of methoxy groups -OCH3 is 1. The predicted molar refractivity (Wildman–Crippen MR) is 161 cm³/mol. The van der Waals surface area contributed by atoms with E-state index in [9.17, 15) is 4.79 Å². The maximum atomic E-state index is 13.7. The molecule has 1 atom stereocenters. The Morgan fingerprint density at radius 2 is 1.71 bits per heavy atom. The van der Waals surface area contributed by atoms with E-state index >= 15 is 0 Å². The zero-order chi connectivity index (χ0) is 28.3. The molecule has 41 heavy (non-hydrogen) atoms. The minimum atomic E-state index is -0.393. The van der Waals surface area contributed by atoms with Crippen LogP contribution in [0.25, 0.3) is 10.9 Å². The van der Waals surface area contributed by atoms with Crippen LogP contribution in [0.2, 0.25) is 0 Å². The van der Waals surface area contributed by atoms with Gasteiger partial charge in [-0.3, -0.25) is 9.69 Å². The van der Waals surface area contributed by atoms with E-state index in [4.69, 9.17) is 4.74 Å². The fraction of sp³-hybridized carbons (Fsp3) is 0.312. The quantitative estimate of drug-likeness (QED) is 0.309. The lowest BCUT2D eigenvalue weighted by Gasteiger charge is -2.40. The standard InChI is InChI=1S/C32H35N7O2/c1-22-13-14-25-21-26(32(40)33-29(25)23(22)2)30(31-34-35-36-39(31)16-15-24-9-5-4-6-10-24)38-19-17-37(18-20-38)27-11-7-8-12-28(27)41-3/h4-14,21,30H,15-20H2,1-3H3,(H,33,40)/t30-/m1/s1. The summed E-state index contributed by atoms with van der Waals surface area (Å²) in [7, 11) is 1.70. The highest BCUT2D eigenvalue weighted by atomic mass is 16.5. The molecule has 2 aromatic heterocycles. The van der Waals surface area contributed by atoms with Crippen LogP contribution in [0.3, 0.4) is 0 Å². The summed E-state index contributed by atoms with van der Waals surface area (Å²) in [4.78, 5) is 21.6. The van der Waals surface area contributed by atoms with E-state index in [1.54, 1.807) is 7.11 Å². The molecule has 210 valence electrons. The molecule has 0 unspecified atom stereocenters. The number of aryl methyl sites for hydroxylation is 4. The number of hydrogen-bond donors (Lipinski definition) is 1. The van der Waals surface area contributed by atoms with Crippen LogP contribution in [-0.4, -0.2) is 63.4 Å². The molecule has 0 amide bonds. The minimum absolute atomic E-state index is 0.110. The van der Waals surface area contributed by atoms with Gasteiger partial charge in [-0.2, -0.15) is 0 Å². The number of nitrogens with one attached hydrogen (secondary N) is 1. The molecule has 1 N–H and O–H groups in total. The van der Waals surface area contributed by atoms with Crippen LogP contribution in [0.4, 0.5) is 5.69 Å². The van der Waals surface area contributed by atoms with Gasteiger partial charge >= 0.3 is 0 Å². The van der Waals surface area contributed by atoms with Crippen LogP contribution in [-0.2, 0) is 13.0 Å². The van der Waals surface area contributed by atoms with Crippen molar-refractivity contribution in [3.63, 3.8) is 0 Å². The smallest absolute Gasteiger partial charge is 0.253 e. The van der Waals surface area contributed by atoms with Gasteiger partial charge in [0.15, 0.2) is 5.82 Å². The molecule has 0 bridgehead atoms. The topological polar surface area (TPSA) is 92.2 Å². The zero-order valence-corrected chi connectivity index (χ0v) is 23.7. The van der Waals surface area contributed by atoms with E-state index in [0.717, 1.165) is 66.1 Å². The maximum absolute atomic E-state index is 13.7. The van der Waals surface area contributed by atoms with Gasteiger partial charge in [0.1, 0.15) is 11.8 Å². The molecule has 1 saturated heterocycles. The maximum Gasteiger partial charge on any atom is 0.253 e. The molecule has 5 aromatic rings. The number of pyridine rings is 1. The number of anilines is 1. The third-order valence-corrected chi connectivity index (χ3v) is 8.24. The molecule has 9 heteroatoms. The molecule has 1 aliphatic rings. The molecule has 0 spiro atoms. The van der Waals surface area contributed by atoms with Crippen molar-refractivity contribution >= 4 is 16.6 Å². The number of fused-ring (bicyclic) bond motifs is 1. The summed E-state index contributed by atoms with van der Waals surface area (Å²) >= 11 is 0. The SMILES string of the molecule is COc1ccccc1N1CCN([C@H](c2cc3ccc(C)c(C)c3[nH]c2=O)c2nnnn2CCc2ccccc2)CC1. The summed E-state index contributed by atoms with van der Waals surface area (Å²) in [5.41, 5.74) is 5.94. The summed E-state index contributed by atoms with van der Waals surface area (Å²) < 4.78 is 7.48. The van der Waals surface area contributed by atoms with E-state index < -0.39 is 6.04 Å². The van der Waals surface area contributed by atoms with E-state index in [-0.39, 0.29) is 5.56 Å². The van der Waals surface area contributed by atoms with Crippen molar-refractivity contribution in [2.24, 2.45) is 0 Å². The third kappa shape index (κ3) is 5.32. The lowest BCUT2D eigenvalue weighted by Crippen LogP contribution is -2.49. The number of piperazine rings is 1. The summed E-state index contributed by atoms with van der Waals surface area (Å²) in [5.74, 6) is 1.54. The molecule has 0 aliphatic carbocycles. The number of hydrogen-bond acceptors (Lipinski definition) is 7. The van der Waals surface area contributed by atoms with Gasteiger partial charge in [0.25, 0.3) is 5.56 Å². The molecule has 1 fully saturated rings. The lowest BCUT2D eigenvalue weighted by molar-refractivity contribution is 0.199. The normalized spacial score (nSPS) is 14.9. The van der Waals surface area contributed by atoms with E-state index in [0.29, 0.717) is 17.9 Å². The van der Waals surface area contributed by atoms with E-state index in [2.05, 4.69) is 67.6 Å². The van der Waals surface area contributed by atoms with E-state index in [1.807, 2.05) is 54.1 Å². The van der Waals surface area contributed by atoms with Gasteiger partial charge in [-0.1, -0.05) is 54.6 Å². The van der Waals surface area contributed by atoms with Gasteiger partial charge < -0.3 is 14.6 Å². The van der Waals surface area contributed by atoms with Gasteiger partial charge in [-0.05, 0) is 71.0 Å². The Kier molecular flexibility index (Phi) is 7.52. The Hall–Kier alpha value is -4.50. The fourth-order valence-corrected chi connectivity index (χ4v) is 5.80. The van der Waals surface area contributed by atoms with Crippen molar-refractivity contribution in [1.82, 2.24) is 30.1 Å². The molecular weight excluding hydrogens is 514 g/mol. The number of nitrogens with zero attached hydrogens (tertiary/aromatic N) is 6. The highest BCUT2D eigenvalue weighted by Crippen LogP contribution is 2.32. The third-order valence-electron chi connectivity index (χ3n) is 8.24. The average Bonchev–Trinajstić information content (AvgIpc) is 3.48. The number of para-hydroxylation sites is 2. The molecular formula is C32H35N7O2. The molecule has 3 heterocycles. The van der Waals surface area contributed by atoms with Crippen LogP contribution in [0.1, 0.15) is 34.1 Å². The van der Waals surface area contributed by atoms with Crippen molar-refractivity contribution in [1.29, 1.82) is 0 Å². The van der Waals surface area contributed by atoms with Crippen LogP contribution < -0.4 is 15.2 Å². The van der Waals surface area contributed by atoms with Gasteiger partial charge in [-0.15, -0.1) is 5.10 Å². The number of rotatable bonds is 8. The summed E-state index contributed by atoms with van der Waals surface area (Å²) in [6.45, 7) is 7.77. The van der Waals surface area contributed by atoms with Crippen molar-refractivity contribution in [2.45, 2.75) is 32.9 Å². The van der Waals surface area contributed by atoms with Crippen molar-refractivity contribution in [3.8, 4) is 5.75 Å². The molecule has 9 nitrogen and oxygen atoms in total. The highest BCUT2D eigenvalue weighted by Gasteiger charge is 2.33. The Bertz CT molecular complexity index is 1700. The highest BCUT2D eigenvalue weighted by molar-refractivity contribution is 5.83. The average molecular weight is 550 g/mol. The van der Waals surface area contributed by atoms with Crippen LogP contribution in [0, 0.1) is 13.8 Å². The predicted octanol–water partition coefficient (Wildman–Crippen LogP) is 4.29. The first-order valence-corrected chi connectivity index (χ1v) is 14.1. The molecule has 6 rings (SSSR count). The monoisotopic (exact) mass is 549 g/mol. The number of ether oxygens (including phenoxy) is 1. The Labute approximate surface area is 239 Å². The van der Waals surface area contributed by atoms with Crippen LogP contribution in [0.15, 0.2) is 77.6 Å². The first-order chi connectivity index (χ1) is 20.0. The number of benzene rings is 3. The molecule has 0 radical (unpaired) electrons. The van der Waals surface area contributed by atoms with Gasteiger partial charge in [0.05, 0.1) is 18.3 Å². The summed E-state index contributed by atoms with van der Waals surface area (Å²) in [6, 6.07) is 24.2. The minimum Gasteiger partial charge on any atom is -0.495 e. The molecule has 0 saturated carbocycles. The van der Waals surface area contributed by atoms with Gasteiger partial charge in [0, 0.05) is 38.3 Å². The number of aromatic amines is 1. The van der Waals surface area contributed by atoms with Crippen molar-refractivity contribution in [2.75, 3.05) is 38.2 Å². The Balaban J connectivity index is 1.36. The largest absolute Gasteiger partial charge is 0.495 e. The second kappa shape index (κ2) is 11.5. The Morgan fingerprint density at radius 3 is 2.49 bits per heavy atom. The van der Waals surface area contributed by atoms with E-state index in [1.165, 1.54) is 5.56 Å². The summed E-state index contributed by atoms with van der Waals surface area (Å²) in [6.07, 6.45) is 0.791. The fourth-order valence-electron chi connectivity index (χ4n) is 5.80. The first-order valence-electron chi connectivity index (χ1n) is 14.1. The lowest BCUT2D eigenvalue weighted by atomic mass is 9.99. The second-order valence-corrected chi connectivity index (χ2v) is 10.6. The summed E-state index contributed by atoms with van der Waals surface area (Å²) in [5, 5.41) is 14.0. The first kappa shape index (κ1) is 26.7. The second-order valence-electron chi connectivity index (χ2n) is 10.6. The zero-order valence-electron chi connectivity index (χ0n) is 23.7. The van der Waals surface area contributed by atoms with Crippen molar-refractivity contribution < 1.29 is 4.74 Å². The van der Waals surface area contributed by atoms with Crippen LogP contribution in [0.5, 0.6) is 5.75 Å². The van der Waals surface area contributed by atoms with Crippen molar-refractivity contribution in [3.05, 3.63) is 111 Å². The van der Waals surface area contributed by atoms with Gasteiger partial charge in [0.2, 0.25) is 0 Å². The van der Waals surface area contributed by atoms with Gasteiger partial charge in [-0.25, -0.2) is 4.68 Å². The Morgan fingerprint density at radius 1 is 0.951 bits per heavy atom. The molecule has 1 aliphatic heterocycles. The van der Waals surface area contributed by atoms with Crippen LogP contribution >= 0.6 is 0 Å².